The van der Waals surface area contributed by atoms with E-state index in [1.807, 2.05) is 11.8 Å². The Kier molecular flexibility index (Phi) is 5.00. The van der Waals surface area contributed by atoms with Gasteiger partial charge in [-0.3, -0.25) is 4.79 Å². The summed E-state index contributed by atoms with van der Waals surface area (Å²) in [7, 11) is -3.30. The van der Waals surface area contributed by atoms with E-state index >= 15 is 0 Å². The van der Waals surface area contributed by atoms with Crippen LogP contribution in [-0.2, 0) is 9.84 Å². The van der Waals surface area contributed by atoms with Crippen LogP contribution in [0.5, 0.6) is 0 Å². The highest BCUT2D eigenvalue weighted by Crippen LogP contribution is 2.17. The normalized spacial score (nSPS) is 18.7. The summed E-state index contributed by atoms with van der Waals surface area (Å²) >= 11 is 0. The molecule has 0 aromatic heterocycles. The Morgan fingerprint density at radius 3 is 2.76 bits per heavy atom. The first-order valence-electron chi connectivity index (χ1n) is 7.25. The number of hydrogen-bond donors (Lipinski definition) is 1. The van der Waals surface area contributed by atoms with Gasteiger partial charge >= 0.3 is 0 Å². The Bertz CT molecular complexity index is 607. The summed E-state index contributed by atoms with van der Waals surface area (Å²) in [5.74, 6) is -0.0870. The quantitative estimate of drug-likeness (QED) is 0.890. The van der Waals surface area contributed by atoms with E-state index in [0.717, 1.165) is 32.2 Å². The Balaban J connectivity index is 2.28. The summed E-state index contributed by atoms with van der Waals surface area (Å²) in [5, 5.41) is 3.26. The summed E-state index contributed by atoms with van der Waals surface area (Å²) < 4.78 is 23.2. The Morgan fingerprint density at radius 1 is 1.43 bits per heavy atom. The molecule has 0 bridgehead atoms. The van der Waals surface area contributed by atoms with Crippen molar-refractivity contribution in [1.29, 1.82) is 0 Å². The first-order valence-corrected chi connectivity index (χ1v) is 9.14. The zero-order valence-corrected chi connectivity index (χ0v) is 13.3. The average Bonchev–Trinajstić information content (AvgIpc) is 2.97. The van der Waals surface area contributed by atoms with Gasteiger partial charge in [0, 0.05) is 31.0 Å². The third-order valence-corrected chi connectivity index (χ3v) is 4.82. The summed E-state index contributed by atoms with van der Waals surface area (Å²) in [5.41, 5.74) is 0.443. The number of rotatable bonds is 5. The van der Waals surface area contributed by atoms with Gasteiger partial charge in [0.2, 0.25) is 0 Å². The second-order valence-corrected chi connectivity index (χ2v) is 7.46. The minimum atomic E-state index is -3.30. The molecule has 1 aromatic rings. The summed E-state index contributed by atoms with van der Waals surface area (Å²) in [6, 6.07) is 6.50. The van der Waals surface area contributed by atoms with Crippen molar-refractivity contribution >= 4 is 15.7 Å². The minimum Gasteiger partial charge on any atom is -0.334 e. The van der Waals surface area contributed by atoms with E-state index in [4.69, 9.17) is 0 Å². The maximum Gasteiger partial charge on any atom is 0.254 e. The molecule has 1 fully saturated rings. The molecular weight excluding hydrogens is 288 g/mol. The van der Waals surface area contributed by atoms with Gasteiger partial charge < -0.3 is 10.2 Å². The average molecular weight is 310 g/mol. The van der Waals surface area contributed by atoms with Gasteiger partial charge in [-0.15, -0.1) is 0 Å². The van der Waals surface area contributed by atoms with E-state index in [-0.39, 0.29) is 16.8 Å². The zero-order valence-electron chi connectivity index (χ0n) is 12.5. The van der Waals surface area contributed by atoms with Gasteiger partial charge in [0.25, 0.3) is 5.91 Å². The highest BCUT2D eigenvalue weighted by molar-refractivity contribution is 7.90. The molecule has 1 N–H and O–H groups in total. The smallest absolute Gasteiger partial charge is 0.254 e. The van der Waals surface area contributed by atoms with E-state index in [1.165, 1.54) is 12.1 Å². The maximum absolute atomic E-state index is 12.7. The van der Waals surface area contributed by atoms with Crippen molar-refractivity contribution in [3.05, 3.63) is 29.8 Å². The molecule has 6 heteroatoms. The molecule has 5 nitrogen and oxygen atoms in total. The van der Waals surface area contributed by atoms with Crippen molar-refractivity contribution in [2.75, 3.05) is 25.9 Å². The standard InChI is InChI=1S/C15H22N2O3S/c1-3-9-17(13-7-8-16-11-13)15(18)12-5-4-6-14(10-12)21(2,19)20/h4-6,10,13,16H,3,7-9,11H2,1-2H3. The highest BCUT2D eigenvalue weighted by Gasteiger charge is 2.27. The largest absolute Gasteiger partial charge is 0.334 e. The van der Waals surface area contributed by atoms with Gasteiger partial charge in [0.1, 0.15) is 0 Å². The molecule has 1 amide bonds. The third-order valence-electron chi connectivity index (χ3n) is 3.71. The molecule has 1 unspecified atom stereocenters. The van der Waals surface area contributed by atoms with Crippen molar-refractivity contribution in [3.63, 3.8) is 0 Å². The fourth-order valence-corrected chi connectivity index (χ4v) is 3.29. The maximum atomic E-state index is 12.7. The monoisotopic (exact) mass is 310 g/mol. The molecule has 2 rings (SSSR count). The number of hydrogen-bond acceptors (Lipinski definition) is 4. The number of amides is 1. The number of nitrogens with zero attached hydrogens (tertiary/aromatic N) is 1. The lowest BCUT2D eigenvalue weighted by molar-refractivity contribution is 0.0692. The lowest BCUT2D eigenvalue weighted by Crippen LogP contribution is -2.42. The lowest BCUT2D eigenvalue weighted by Gasteiger charge is -2.28. The lowest BCUT2D eigenvalue weighted by atomic mass is 10.1. The predicted molar refractivity (Wildman–Crippen MR) is 82.2 cm³/mol. The molecule has 1 saturated heterocycles. The molecule has 21 heavy (non-hydrogen) atoms. The first kappa shape index (κ1) is 16.0. The van der Waals surface area contributed by atoms with Crippen LogP contribution in [0.2, 0.25) is 0 Å². The minimum absolute atomic E-state index is 0.0870. The van der Waals surface area contributed by atoms with Crippen LogP contribution in [0.15, 0.2) is 29.2 Å². The van der Waals surface area contributed by atoms with Crippen molar-refractivity contribution in [2.45, 2.75) is 30.7 Å². The van der Waals surface area contributed by atoms with Crippen molar-refractivity contribution < 1.29 is 13.2 Å². The number of carbonyl (C=O) groups excluding carboxylic acids is 1. The van der Waals surface area contributed by atoms with Crippen LogP contribution < -0.4 is 5.32 Å². The van der Waals surface area contributed by atoms with Crippen LogP contribution >= 0.6 is 0 Å². The summed E-state index contributed by atoms with van der Waals surface area (Å²) in [6.45, 7) is 4.45. The predicted octanol–water partition coefficient (Wildman–Crippen LogP) is 1.30. The Hall–Kier alpha value is -1.40. The van der Waals surface area contributed by atoms with Crippen LogP contribution in [0.3, 0.4) is 0 Å². The highest BCUT2D eigenvalue weighted by atomic mass is 32.2. The molecule has 1 aliphatic heterocycles. The van der Waals surface area contributed by atoms with Gasteiger partial charge in [-0.05, 0) is 37.6 Å². The summed E-state index contributed by atoms with van der Waals surface area (Å²) in [6.07, 6.45) is 2.98. The second-order valence-electron chi connectivity index (χ2n) is 5.45. The Morgan fingerprint density at radius 2 is 2.19 bits per heavy atom. The van der Waals surface area contributed by atoms with Crippen molar-refractivity contribution in [2.24, 2.45) is 0 Å². The number of nitrogens with one attached hydrogen (secondary N) is 1. The van der Waals surface area contributed by atoms with E-state index in [1.54, 1.807) is 12.1 Å². The van der Waals surface area contributed by atoms with Gasteiger partial charge in [-0.2, -0.15) is 0 Å². The molecule has 1 aromatic carbocycles. The van der Waals surface area contributed by atoms with Crippen LogP contribution in [-0.4, -0.2) is 51.2 Å². The van der Waals surface area contributed by atoms with E-state index in [0.29, 0.717) is 12.1 Å². The zero-order chi connectivity index (χ0) is 15.5. The number of sulfone groups is 1. The molecule has 0 aliphatic carbocycles. The second kappa shape index (κ2) is 6.58. The number of carbonyl (C=O) groups is 1. The van der Waals surface area contributed by atoms with Gasteiger partial charge in [-0.25, -0.2) is 8.42 Å². The van der Waals surface area contributed by atoms with E-state index < -0.39 is 9.84 Å². The van der Waals surface area contributed by atoms with E-state index in [9.17, 15) is 13.2 Å². The topological polar surface area (TPSA) is 66.5 Å². The van der Waals surface area contributed by atoms with Crippen LogP contribution in [0.25, 0.3) is 0 Å². The Labute approximate surface area is 126 Å². The van der Waals surface area contributed by atoms with Gasteiger partial charge in [-0.1, -0.05) is 13.0 Å². The molecular formula is C15H22N2O3S. The first-order chi connectivity index (χ1) is 9.93. The molecule has 0 spiro atoms. The summed E-state index contributed by atoms with van der Waals surface area (Å²) in [4.78, 5) is 14.8. The third kappa shape index (κ3) is 3.83. The van der Waals surface area contributed by atoms with Gasteiger partial charge in [0.15, 0.2) is 9.84 Å². The van der Waals surface area contributed by atoms with Crippen molar-refractivity contribution in [1.82, 2.24) is 10.2 Å². The molecule has 1 aliphatic rings. The molecule has 1 heterocycles. The number of benzene rings is 1. The molecule has 1 atom stereocenters. The van der Waals surface area contributed by atoms with Crippen molar-refractivity contribution in [3.8, 4) is 0 Å². The van der Waals surface area contributed by atoms with Crippen LogP contribution in [0, 0.1) is 0 Å². The fraction of sp³-hybridized carbons (Fsp3) is 0.533. The fourth-order valence-electron chi connectivity index (χ4n) is 2.62. The molecule has 0 saturated carbocycles. The van der Waals surface area contributed by atoms with Crippen LogP contribution in [0.4, 0.5) is 0 Å². The molecule has 0 radical (unpaired) electrons. The molecule has 116 valence electrons. The SMILES string of the molecule is CCCN(C(=O)c1cccc(S(C)(=O)=O)c1)C1CCNC1. The van der Waals surface area contributed by atoms with E-state index in [2.05, 4.69) is 5.32 Å². The van der Waals surface area contributed by atoms with Gasteiger partial charge in [0.05, 0.1) is 4.90 Å². The van der Waals surface area contributed by atoms with Crippen LogP contribution in [0.1, 0.15) is 30.1 Å².